The van der Waals surface area contributed by atoms with E-state index in [0.717, 1.165) is 12.2 Å². The van der Waals surface area contributed by atoms with E-state index in [0.29, 0.717) is 52.1 Å². The summed E-state index contributed by atoms with van der Waals surface area (Å²) in [7, 11) is 5.48. The highest BCUT2D eigenvalue weighted by molar-refractivity contribution is 5.96. The van der Waals surface area contributed by atoms with Crippen LogP contribution in [0.1, 0.15) is 0 Å². The van der Waals surface area contributed by atoms with E-state index in [4.69, 9.17) is 19.6 Å². The molecule has 0 aliphatic rings. The van der Waals surface area contributed by atoms with Gasteiger partial charge in [-0.1, -0.05) is 18.2 Å². The van der Waals surface area contributed by atoms with Gasteiger partial charge in [0.15, 0.2) is 0 Å². The number of nitrogens with one attached hydrogen (secondary N) is 2. The number of ether oxygens (including phenoxy) is 2. The van der Waals surface area contributed by atoms with E-state index < -0.39 is 12.1 Å². The number of rotatable bonds is 10. The average molecular weight is 592 g/mol. The Hall–Kier alpha value is -5.17. The smallest absolute Gasteiger partial charge is 0.471 e. The maximum Gasteiger partial charge on any atom is 0.471 e. The number of amides is 1. The molecule has 1 amide bonds. The lowest BCUT2D eigenvalue weighted by atomic mass is 10.0. The molecular weight excluding hydrogens is 563 g/mol. The molecule has 13 heteroatoms. The Morgan fingerprint density at radius 1 is 1.00 bits per heavy atom. The van der Waals surface area contributed by atoms with E-state index in [9.17, 15) is 18.0 Å². The molecule has 43 heavy (non-hydrogen) atoms. The summed E-state index contributed by atoms with van der Waals surface area (Å²) in [6.07, 6.45) is -1.75. The number of pyridine rings is 1. The first-order valence-electron chi connectivity index (χ1n) is 13.1. The third-order valence-electron chi connectivity index (χ3n) is 6.30. The fraction of sp³-hybridized carbons (Fsp3) is 0.200. The maximum absolute atomic E-state index is 12.9. The molecule has 0 saturated heterocycles. The number of nitrogens with zero attached hydrogens (tertiary/aromatic N) is 5. The number of fused-ring (bicyclic) bond motifs is 1. The van der Waals surface area contributed by atoms with Gasteiger partial charge in [0, 0.05) is 35.7 Å². The van der Waals surface area contributed by atoms with E-state index in [1.54, 1.807) is 35.1 Å². The van der Waals surface area contributed by atoms with Crippen LogP contribution in [0.25, 0.3) is 28.0 Å². The Balaban J connectivity index is 1.51. The molecule has 0 saturated carbocycles. The Morgan fingerprint density at radius 3 is 2.56 bits per heavy atom. The molecule has 0 fully saturated rings. The number of methoxy groups -OCH3 is 1. The molecule has 0 aliphatic carbocycles. The number of hydrogen-bond acceptors (Lipinski definition) is 8. The van der Waals surface area contributed by atoms with E-state index in [1.165, 1.54) is 25.3 Å². The van der Waals surface area contributed by atoms with Crippen molar-refractivity contribution in [3.8, 4) is 34.0 Å². The Kier molecular flexibility index (Phi) is 8.44. The molecule has 3 heterocycles. The molecule has 5 aromatic rings. The molecule has 0 atom stereocenters. The standard InChI is InChI=1S/C30H28F3N7O3/c1-39(2)14-15-43-22-9-5-8-21(17-22)36-29-34-13-12-24(37-29)26-25-11-10-23(42-3)18-40(25)38-27(26)19-6-4-7-20(16-19)35-28(41)30(31,32)33/h4-13,16-18H,14-15H2,1-3H3,(H,35,41)(H,34,36,37). The van der Waals surface area contributed by atoms with Crippen molar-refractivity contribution in [1.82, 2.24) is 24.5 Å². The van der Waals surface area contributed by atoms with Crippen LogP contribution in [0.3, 0.4) is 0 Å². The summed E-state index contributed by atoms with van der Waals surface area (Å²) in [4.78, 5) is 22.7. The summed E-state index contributed by atoms with van der Waals surface area (Å²) in [5, 5.41) is 9.80. The minimum Gasteiger partial charge on any atom is -0.495 e. The van der Waals surface area contributed by atoms with Crippen molar-refractivity contribution in [2.24, 2.45) is 0 Å². The summed E-state index contributed by atoms with van der Waals surface area (Å²) < 4.78 is 51.4. The highest BCUT2D eigenvalue weighted by atomic mass is 19.4. The monoisotopic (exact) mass is 591 g/mol. The zero-order valence-corrected chi connectivity index (χ0v) is 23.5. The zero-order valence-electron chi connectivity index (χ0n) is 23.5. The highest BCUT2D eigenvalue weighted by Gasteiger charge is 2.38. The Labute approximate surface area is 245 Å². The van der Waals surface area contributed by atoms with Crippen LogP contribution in [0.15, 0.2) is 79.1 Å². The van der Waals surface area contributed by atoms with E-state index >= 15 is 0 Å². The summed E-state index contributed by atoms with van der Waals surface area (Å²) in [6, 6.07) is 18.8. The van der Waals surface area contributed by atoms with Crippen LogP contribution in [0.2, 0.25) is 0 Å². The molecule has 0 unspecified atom stereocenters. The summed E-state index contributed by atoms with van der Waals surface area (Å²) in [5.41, 5.74) is 3.37. The van der Waals surface area contributed by atoms with Gasteiger partial charge in [0.2, 0.25) is 5.95 Å². The normalized spacial score (nSPS) is 11.5. The van der Waals surface area contributed by atoms with Gasteiger partial charge in [-0.3, -0.25) is 4.79 Å². The number of likely N-dealkylation sites (N-methyl/N-ethyl adjacent to an activating group) is 1. The first kappa shape index (κ1) is 29.3. The van der Waals surface area contributed by atoms with E-state index in [2.05, 4.69) is 10.3 Å². The quantitative estimate of drug-likeness (QED) is 0.215. The molecule has 3 aromatic heterocycles. The summed E-state index contributed by atoms with van der Waals surface area (Å²) in [6.45, 7) is 1.31. The number of aromatic nitrogens is 4. The van der Waals surface area contributed by atoms with Gasteiger partial charge in [-0.15, -0.1) is 0 Å². The molecule has 5 rings (SSSR count). The fourth-order valence-corrected chi connectivity index (χ4v) is 4.25. The van der Waals surface area contributed by atoms with Crippen molar-refractivity contribution < 1.29 is 27.4 Å². The topological polar surface area (TPSA) is 106 Å². The van der Waals surface area contributed by atoms with Crippen LogP contribution >= 0.6 is 0 Å². The van der Waals surface area contributed by atoms with Crippen molar-refractivity contribution >= 4 is 28.7 Å². The second kappa shape index (κ2) is 12.4. The first-order chi connectivity index (χ1) is 20.6. The molecule has 0 aliphatic heterocycles. The molecule has 0 spiro atoms. The lowest BCUT2D eigenvalue weighted by Gasteiger charge is -2.12. The third-order valence-corrected chi connectivity index (χ3v) is 6.30. The molecule has 2 N–H and O–H groups in total. The van der Waals surface area contributed by atoms with E-state index in [-0.39, 0.29) is 5.69 Å². The minimum atomic E-state index is -5.02. The van der Waals surface area contributed by atoms with Crippen molar-refractivity contribution in [1.29, 1.82) is 0 Å². The van der Waals surface area contributed by atoms with Crippen molar-refractivity contribution in [3.63, 3.8) is 0 Å². The maximum atomic E-state index is 12.9. The lowest BCUT2D eigenvalue weighted by molar-refractivity contribution is -0.167. The highest BCUT2D eigenvalue weighted by Crippen LogP contribution is 2.36. The second-order valence-corrected chi connectivity index (χ2v) is 9.73. The van der Waals surface area contributed by atoms with Crippen LogP contribution in [-0.2, 0) is 4.79 Å². The number of halogens is 3. The number of benzene rings is 2. The van der Waals surface area contributed by atoms with Gasteiger partial charge < -0.3 is 25.0 Å². The minimum absolute atomic E-state index is 0.0295. The largest absolute Gasteiger partial charge is 0.495 e. The van der Waals surface area contributed by atoms with Crippen LogP contribution in [0, 0.1) is 0 Å². The van der Waals surface area contributed by atoms with Gasteiger partial charge in [-0.25, -0.2) is 14.5 Å². The van der Waals surface area contributed by atoms with Crippen molar-refractivity contribution in [2.75, 3.05) is 45.0 Å². The molecule has 0 bridgehead atoms. The molecule has 2 aromatic carbocycles. The first-order valence-corrected chi connectivity index (χ1v) is 13.1. The van der Waals surface area contributed by atoms with Crippen LogP contribution in [0.4, 0.5) is 30.5 Å². The van der Waals surface area contributed by atoms with Crippen molar-refractivity contribution in [3.05, 3.63) is 79.1 Å². The van der Waals surface area contributed by atoms with Gasteiger partial charge in [-0.2, -0.15) is 18.3 Å². The number of carbonyl (C=O) groups is 1. The second-order valence-electron chi connectivity index (χ2n) is 9.73. The van der Waals surface area contributed by atoms with Crippen molar-refractivity contribution in [2.45, 2.75) is 6.18 Å². The van der Waals surface area contributed by atoms with Crippen LogP contribution in [-0.4, -0.2) is 70.9 Å². The number of alkyl halides is 3. The van der Waals surface area contributed by atoms with Gasteiger partial charge in [-0.05, 0) is 56.6 Å². The predicted molar refractivity (Wildman–Crippen MR) is 157 cm³/mol. The number of carbonyl (C=O) groups excluding carboxylic acids is 1. The summed E-state index contributed by atoms with van der Waals surface area (Å²) in [5.74, 6) is -0.507. The zero-order chi connectivity index (χ0) is 30.6. The fourth-order valence-electron chi connectivity index (χ4n) is 4.25. The molecule has 222 valence electrons. The summed E-state index contributed by atoms with van der Waals surface area (Å²) >= 11 is 0. The van der Waals surface area contributed by atoms with Gasteiger partial charge in [0.25, 0.3) is 0 Å². The predicted octanol–water partition coefficient (Wildman–Crippen LogP) is 5.65. The van der Waals surface area contributed by atoms with E-state index in [1.807, 2.05) is 54.6 Å². The number of hydrogen-bond donors (Lipinski definition) is 2. The SMILES string of the molecule is COc1ccc2c(-c3ccnc(Nc4cccc(OCCN(C)C)c4)n3)c(-c3cccc(NC(=O)C(F)(F)F)c3)nn2c1. The number of anilines is 3. The third kappa shape index (κ3) is 7.01. The molecule has 10 nitrogen and oxygen atoms in total. The van der Waals surface area contributed by atoms with Crippen LogP contribution < -0.4 is 20.1 Å². The van der Waals surface area contributed by atoms with Crippen LogP contribution in [0.5, 0.6) is 11.5 Å². The average Bonchev–Trinajstić information content (AvgIpc) is 3.36. The molecular formula is C30H28F3N7O3. The molecule has 0 radical (unpaired) electrons. The van der Waals surface area contributed by atoms with Gasteiger partial charge in [0.1, 0.15) is 23.8 Å². The Bertz CT molecular complexity index is 1760. The van der Waals surface area contributed by atoms with Gasteiger partial charge in [0.05, 0.1) is 30.1 Å². The lowest BCUT2D eigenvalue weighted by Crippen LogP contribution is -2.29. The van der Waals surface area contributed by atoms with Gasteiger partial charge >= 0.3 is 12.1 Å². The Morgan fingerprint density at radius 2 is 1.79 bits per heavy atom.